The number of amides is 3. The predicted octanol–water partition coefficient (Wildman–Crippen LogP) is 2.76. The van der Waals surface area contributed by atoms with Crippen molar-refractivity contribution in [2.75, 3.05) is 19.6 Å². The van der Waals surface area contributed by atoms with Gasteiger partial charge in [0.15, 0.2) is 0 Å². The Hall–Kier alpha value is -1.65. The van der Waals surface area contributed by atoms with Crippen molar-refractivity contribution in [2.45, 2.75) is 58.8 Å². The normalized spacial score (nSPS) is 20.1. The van der Waals surface area contributed by atoms with Gasteiger partial charge in [-0.15, -0.1) is 0 Å². The molecule has 0 aromatic carbocycles. The van der Waals surface area contributed by atoms with Crippen molar-refractivity contribution in [3.63, 3.8) is 0 Å². The van der Waals surface area contributed by atoms with Crippen molar-refractivity contribution < 1.29 is 14.4 Å². The zero-order chi connectivity index (χ0) is 17.5. The van der Waals surface area contributed by atoms with Crippen molar-refractivity contribution in [2.24, 2.45) is 11.8 Å². The fourth-order valence-electron chi connectivity index (χ4n) is 3.58. The van der Waals surface area contributed by atoms with Crippen LogP contribution in [0.2, 0.25) is 0 Å². The molecule has 5 nitrogen and oxygen atoms in total. The lowest BCUT2D eigenvalue weighted by atomic mass is 9.90. The molecular formula is C19H30N2O3. The van der Waals surface area contributed by atoms with E-state index in [1.54, 1.807) is 6.92 Å². The molecule has 0 saturated carbocycles. The van der Waals surface area contributed by atoms with E-state index in [4.69, 9.17) is 0 Å². The number of hydrogen-bond donors (Lipinski definition) is 0. The van der Waals surface area contributed by atoms with Crippen LogP contribution in [0.3, 0.4) is 0 Å². The Morgan fingerprint density at radius 1 is 1.12 bits per heavy atom. The lowest BCUT2D eigenvalue weighted by Crippen LogP contribution is -2.45. The summed E-state index contributed by atoms with van der Waals surface area (Å²) in [6.45, 7) is 5.83. The number of unbranched alkanes of at least 4 members (excludes halogenated alkanes) is 3. The zero-order valence-corrected chi connectivity index (χ0v) is 15.0. The third-order valence-electron chi connectivity index (χ3n) is 5.17. The van der Waals surface area contributed by atoms with Crippen LogP contribution in [0.5, 0.6) is 0 Å². The lowest BCUT2D eigenvalue weighted by molar-refractivity contribution is -0.141. The van der Waals surface area contributed by atoms with Crippen LogP contribution in [0.4, 0.5) is 0 Å². The molecule has 0 aliphatic carbocycles. The molecule has 0 aromatic heterocycles. The topological polar surface area (TPSA) is 57.7 Å². The second-order valence-electron chi connectivity index (χ2n) is 7.14. The standard InChI is InChI=1S/C19H30N2O3/c1-3-4-5-6-7-16-10-12-20(13-11-16)19(24)15(2)14-21-17(22)8-9-18(21)23/h8-9,15-16H,3-7,10-14H2,1-2H3. The van der Waals surface area contributed by atoms with Gasteiger partial charge in [0.1, 0.15) is 0 Å². The van der Waals surface area contributed by atoms with E-state index in [0.717, 1.165) is 36.7 Å². The third kappa shape index (κ3) is 4.92. The van der Waals surface area contributed by atoms with Crippen LogP contribution in [0.25, 0.3) is 0 Å². The summed E-state index contributed by atoms with van der Waals surface area (Å²) in [7, 11) is 0. The summed E-state index contributed by atoms with van der Waals surface area (Å²) in [5, 5.41) is 0. The van der Waals surface area contributed by atoms with E-state index >= 15 is 0 Å². The SMILES string of the molecule is CCCCCCC1CCN(C(=O)C(C)CN2C(=O)C=CC2=O)CC1. The monoisotopic (exact) mass is 334 g/mol. The van der Waals surface area contributed by atoms with Crippen LogP contribution >= 0.6 is 0 Å². The number of nitrogens with zero attached hydrogens (tertiary/aromatic N) is 2. The van der Waals surface area contributed by atoms with Gasteiger partial charge >= 0.3 is 0 Å². The first-order valence-electron chi connectivity index (χ1n) is 9.35. The highest BCUT2D eigenvalue weighted by Gasteiger charge is 2.30. The minimum absolute atomic E-state index is 0.0620. The molecule has 0 spiro atoms. The fraction of sp³-hybridized carbons (Fsp3) is 0.737. The van der Waals surface area contributed by atoms with Crippen molar-refractivity contribution in [1.82, 2.24) is 9.80 Å². The van der Waals surface area contributed by atoms with Gasteiger partial charge < -0.3 is 4.90 Å². The Morgan fingerprint density at radius 2 is 1.75 bits per heavy atom. The molecule has 2 rings (SSSR count). The smallest absolute Gasteiger partial charge is 0.253 e. The van der Waals surface area contributed by atoms with Gasteiger partial charge in [-0.25, -0.2) is 0 Å². The summed E-state index contributed by atoms with van der Waals surface area (Å²) in [5.41, 5.74) is 0. The lowest BCUT2D eigenvalue weighted by Gasteiger charge is -2.34. The molecule has 0 N–H and O–H groups in total. The van der Waals surface area contributed by atoms with Crippen LogP contribution in [0.15, 0.2) is 12.2 Å². The van der Waals surface area contributed by atoms with Gasteiger partial charge in [0.2, 0.25) is 5.91 Å². The molecule has 2 aliphatic rings. The molecule has 0 radical (unpaired) electrons. The highest BCUT2D eigenvalue weighted by Crippen LogP contribution is 2.24. The van der Waals surface area contributed by atoms with E-state index in [9.17, 15) is 14.4 Å². The number of imide groups is 1. The van der Waals surface area contributed by atoms with Crippen molar-refractivity contribution in [3.05, 3.63) is 12.2 Å². The number of carbonyl (C=O) groups is 3. The maximum Gasteiger partial charge on any atom is 0.253 e. The minimum atomic E-state index is -0.334. The Morgan fingerprint density at radius 3 is 2.33 bits per heavy atom. The van der Waals surface area contributed by atoms with Gasteiger partial charge in [-0.1, -0.05) is 46.0 Å². The van der Waals surface area contributed by atoms with Crippen LogP contribution in [-0.4, -0.2) is 47.2 Å². The highest BCUT2D eigenvalue weighted by molar-refractivity contribution is 6.13. The van der Waals surface area contributed by atoms with Crippen LogP contribution < -0.4 is 0 Å². The highest BCUT2D eigenvalue weighted by atomic mass is 16.2. The van der Waals surface area contributed by atoms with Gasteiger partial charge in [-0.2, -0.15) is 0 Å². The first-order chi connectivity index (χ1) is 11.5. The molecule has 1 atom stereocenters. The average molecular weight is 334 g/mol. The second kappa shape index (κ2) is 9.00. The molecule has 134 valence electrons. The molecule has 1 fully saturated rings. The maximum atomic E-state index is 12.6. The molecule has 1 unspecified atom stereocenters. The number of piperidine rings is 1. The molecule has 1 saturated heterocycles. The van der Waals surface area contributed by atoms with Gasteiger partial charge in [0, 0.05) is 31.8 Å². The first-order valence-corrected chi connectivity index (χ1v) is 9.35. The molecule has 2 heterocycles. The third-order valence-corrected chi connectivity index (χ3v) is 5.17. The van der Waals surface area contributed by atoms with E-state index in [0.29, 0.717) is 0 Å². The fourth-order valence-corrected chi connectivity index (χ4v) is 3.58. The van der Waals surface area contributed by atoms with Gasteiger partial charge in [-0.3, -0.25) is 19.3 Å². The largest absolute Gasteiger partial charge is 0.342 e. The first kappa shape index (κ1) is 18.7. The van der Waals surface area contributed by atoms with Gasteiger partial charge in [-0.05, 0) is 18.8 Å². The zero-order valence-electron chi connectivity index (χ0n) is 15.0. The Labute approximate surface area is 145 Å². The Kier molecular flexibility index (Phi) is 7.00. The van der Waals surface area contributed by atoms with Crippen LogP contribution in [-0.2, 0) is 14.4 Å². The van der Waals surface area contributed by atoms with Crippen molar-refractivity contribution in [1.29, 1.82) is 0 Å². The van der Waals surface area contributed by atoms with Crippen molar-refractivity contribution in [3.8, 4) is 0 Å². The van der Waals surface area contributed by atoms with E-state index in [-0.39, 0.29) is 30.2 Å². The summed E-state index contributed by atoms with van der Waals surface area (Å²) in [5.74, 6) is -0.158. The van der Waals surface area contributed by atoms with E-state index in [1.807, 2.05) is 4.90 Å². The summed E-state index contributed by atoms with van der Waals surface area (Å²) in [6.07, 6.45) is 11.2. The summed E-state index contributed by atoms with van der Waals surface area (Å²) < 4.78 is 0. The Bertz CT molecular complexity index is 475. The van der Waals surface area contributed by atoms with Crippen LogP contribution in [0, 0.1) is 11.8 Å². The second-order valence-corrected chi connectivity index (χ2v) is 7.14. The van der Waals surface area contributed by atoms with Crippen LogP contribution in [0.1, 0.15) is 58.8 Å². The van der Waals surface area contributed by atoms with Gasteiger partial charge in [0.25, 0.3) is 11.8 Å². The predicted molar refractivity (Wildman–Crippen MR) is 93.1 cm³/mol. The summed E-state index contributed by atoms with van der Waals surface area (Å²) in [4.78, 5) is 38.8. The van der Waals surface area contributed by atoms with E-state index in [2.05, 4.69) is 6.92 Å². The molecular weight excluding hydrogens is 304 g/mol. The molecule has 0 bridgehead atoms. The quantitative estimate of drug-likeness (QED) is 0.506. The molecule has 5 heteroatoms. The number of hydrogen-bond acceptors (Lipinski definition) is 3. The number of likely N-dealkylation sites (tertiary alicyclic amines) is 1. The average Bonchev–Trinajstić information content (AvgIpc) is 2.90. The Balaban J connectivity index is 1.72. The number of rotatable bonds is 8. The van der Waals surface area contributed by atoms with E-state index in [1.165, 1.54) is 44.3 Å². The summed E-state index contributed by atoms with van der Waals surface area (Å²) in [6, 6.07) is 0. The molecule has 2 aliphatic heterocycles. The van der Waals surface area contributed by atoms with Crippen molar-refractivity contribution >= 4 is 17.7 Å². The van der Waals surface area contributed by atoms with E-state index < -0.39 is 0 Å². The molecule has 0 aromatic rings. The molecule has 3 amide bonds. The van der Waals surface area contributed by atoms with Gasteiger partial charge in [0.05, 0.1) is 5.92 Å². The molecule has 24 heavy (non-hydrogen) atoms. The maximum absolute atomic E-state index is 12.6. The number of carbonyl (C=O) groups excluding carboxylic acids is 3. The minimum Gasteiger partial charge on any atom is -0.342 e. The summed E-state index contributed by atoms with van der Waals surface area (Å²) >= 11 is 0.